The molecule has 0 aromatic rings. The van der Waals surface area contributed by atoms with Crippen molar-refractivity contribution in [1.29, 1.82) is 0 Å². The molecule has 2 heteroatoms. The van der Waals surface area contributed by atoms with Crippen LogP contribution >= 0.6 is 0 Å². The largest absolute Gasteiger partial charge is 0.404 e. The lowest BCUT2D eigenvalue weighted by Gasteiger charge is -1.83. The van der Waals surface area contributed by atoms with E-state index in [4.69, 9.17) is 5.73 Å². The first-order chi connectivity index (χ1) is 6.20. The van der Waals surface area contributed by atoms with Crippen molar-refractivity contribution in [3.05, 3.63) is 48.5 Å². The Bertz CT molecular complexity index is 311. The molecule has 0 heterocycles. The summed E-state index contributed by atoms with van der Waals surface area (Å²) in [6.45, 7) is 5.06. The van der Waals surface area contributed by atoms with E-state index in [1.807, 2.05) is 0 Å². The number of allylic oxidation sites excluding steroid dienone is 6. The molecule has 0 fully saturated rings. The summed E-state index contributed by atoms with van der Waals surface area (Å²) in [5, 5.41) is 0. The number of rotatable bonds is 2. The van der Waals surface area contributed by atoms with Crippen LogP contribution in [0.25, 0.3) is 0 Å². The average molecular weight is 177 g/mol. The highest BCUT2D eigenvalue weighted by Crippen LogP contribution is 1.99. The van der Waals surface area contributed by atoms with Crippen LogP contribution in [0.3, 0.4) is 0 Å². The summed E-state index contributed by atoms with van der Waals surface area (Å²) in [6, 6.07) is 0. The van der Waals surface area contributed by atoms with E-state index in [1.165, 1.54) is 18.4 Å². The molecule has 0 aliphatic carbocycles. The molecular formula is C11H12FN. The van der Waals surface area contributed by atoms with Gasteiger partial charge in [-0.2, -0.15) is 0 Å². The molecule has 0 amide bonds. The van der Waals surface area contributed by atoms with Gasteiger partial charge in [-0.1, -0.05) is 18.4 Å². The van der Waals surface area contributed by atoms with Gasteiger partial charge in [0.15, 0.2) is 0 Å². The molecule has 0 saturated carbocycles. The van der Waals surface area contributed by atoms with Gasteiger partial charge in [0.2, 0.25) is 0 Å². The molecule has 13 heavy (non-hydrogen) atoms. The van der Waals surface area contributed by atoms with E-state index in [2.05, 4.69) is 18.4 Å². The normalized spacial score (nSPS) is 12.5. The quantitative estimate of drug-likeness (QED) is 0.509. The predicted molar refractivity (Wildman–Crippen MR) is 54.2 cm³/mol. The maximum atomic E-state index is 12.5. The lowest BCUT2D eigenvalue weighted by atomic mass is 10.2. The van der Waals surface area contributed by atoms with Gasteiger partial charge in [-0.25, -0.2) is 4.39 Å². The van der Waals surface area contributed by atoms with Crippen molar-refractivity contribution in [3.63, 3.8) is 0 Å². The fraction of sp³-hybridized carbons (Fsp3) is 0.0909. The number of hydrogen-bond donors (Lipinski definition) is 1. The smallest absolute Gasteiger partial charge is 0.122 e. The van der Waals surface area contributed by atoms with Crippen LogP contribution in [0.2, 0.25) is 0 Å². The van der Waals surface area contributed by atoms with Gasteiger partial charge in [-0.05, 0) is 30.7 Å². The van der Waals surface area contributed by atoms with Crippen molar-refractivity contribution in [2.45, 2.75) is 6.92 Å². The Balaban J connectivity index is 4.36. The number of halogens is 1. The molecule has 0 aromatic heterocycles. The van der Waals surface area contributed by atoms with Crippen LogP contribution in [0.15, 0.2) is 48.5 Å². The van der Waals surface area contributed by atoms with Crippen LogP contribution in [0.1, 0.15) is 6.92 Å². The van der Waals surface area contributed by atoms with Crippen molar-refractivity contribution in [1.82, 2.24) is 0 Å². The van der Waals surface area contributed by atoms with Gasteiger partial charge in [0.1, 0.15) is 5.83 Å². The first kappa shape index (κ1) is 11.2. The molecular weight excluding hydrogens is 165 g/mol. The summed E-state index contributed by atoms with van der Waals surface area (Å²) in [4.78, 5) is 0. The molecule has 0 aliphatic rings. The van der Waals surface area contributed by atoms with Gasteiger partial charge >= 0.3 is 0 Å². The molecule has 1 nitrogen and oxygen atoms in total. The van der Waals surface area contributed by atoms with Crippen molar-refractivity contribution >= 4 is 0 Å². The lowest BCUT2D eigenvalue weighted by molar-refractivity contribution is 0.668. The maximum Gasteiger partial charge on any atom is 0.122 e. The fourth-order valence-electron chi connectivity index (χ4n) is 0.518. The summed E-state index contributed by atoms with van der Waals surface area (Å²) in [6.07, 6.45) is 6.89. The van der Waals surface area contributed by atoms with E-state index in [0.29, 0.717) is 0 Å². The second-order valence-electron chi connectivity index (χ2n) is 2.23. The lowest BCUT2D eigenvalue weighted by Crippen LogP contribution is -1.73. The minimum absolute atomic E-state index is 0.379. The molecule has 0 atom stereocenters. The Morgan fingerprint density at radius 2 is 2.15 bits per heavy atom. The van der Waals surface area contributed by atoms with Gasteiger partial charge in [0.05, 0.1) is 0 Å². The Hall–Kier alpha value is -1.75. The number of nitrogens with two attached hydrogens (primary N) is 1. The summed E-state index contributed by atoms with van der Waals surface area (Å²) in [7, 11) is 0. The Morgan fingerprint density at radius 1 is 1.46 bits per heavy atom. The second kappa shape index (κ2) is 6.93. The molecule has 0 rings (SSSR count). The molecule has 0 aliphatic heterocycles. The highest BCUT2D eigenvalue weighted by Gasteiger charge is 1.81. The van der Waals surface area contributed by atoms with Gasteiger partial charge in [-0.3, -0.25) is 0 Å². The molecule has 0 spiro atoms. The van der Waals surface area contributed by atoms with Crippen LogP contribution in [-0.2, 0) is 0 Å². The van der Waals surface area contributed by atoms with Crippen molar-refractivity contribution < 1.29 is 4.39 Å². The molecule has 2 N–H and O–H groups in total. The predicted octanol–water partition coefficient (Wildman–Crippen LogP) is 2.45. The van der Waals surface area contributed by atoms with Crippen LogP contribution < -0.4 is 5.73 Å². The van der Waals surface area contributed by atoms with Crippen LogP contribution in [-0.4, -0.2) is 0 Å². The molecule has 68 valence electrons. The van der Waals surface area contributed by atoms with E-state index in [9.17, 15) is 4.39 Å². The molecule has 0 aromatic carbocycles. The van der Waals surface area contributed by atoms with E-state index in [0.717, 1.165) is 11.6 Å². The average Bonchev–Trinajstić information content (AvgIpc) is 2.14. The van der Waals surface area contributed by atoms with Crippen LogP contribution in [0, 0.1) is 11.8 Å². The van der Waals surface area contributed by atoms with Crippen LogP contribution in [0.4, 0.5) is 4.39 Å². The summed E-state index contributed by atoms with van der Waals surface area (Å²) >= 11 is 0. The van der Waals surface area contributed by atoms with Crippen molar-refractivity contribution in [2.24, 2.45) is 5.73 Å². The monoisotopic (exact) mass is 177 g/mol. The third-order valence-electron chi connectivity index (χ3n) is 1.14. The first-order valence-electron chi connectivity index (χ1n) is 3.75. The fourth-order valence-corrected chi connectivity index (χ4v) is 0.518. The van der Waals surface area contributed by atoms with Gasteiger partial charge in [-0.15, -0.1) is 0 Å². The standard InChI is InChI=1S/C11H12FN/c1-3-11(12)8-7-10(2)6-4-5-9-13/h3,5,7-9H,1,13H2,2H3/b9-5-,10-7+,11-8+. The minimum Gasteiger partial charge on any atom is -0.404 e. The highest BCUT2D eigenvalue weighted by atomic mass is 19.1. The zero-order valence-electron chi connectivity index (χ0n) is 7.55. The Labute approximate surface area is 78.1 Å². The van der Waals surface area contributed by atoms with Crippen LogP contribution in [0.5, 0.6) is 0 Å². The maximum absolute atomic E-state index is 12.5. The third-order valence-corrected chi connectivity index (χ3v) is 1.14. The van der Waals surface area contributed by atoms with E-state index in [1.54, 1.807) is 13.0 Å². The zero-order chi connectivity index (χ0) is 10.1. The summed E-state index contributed by atoms with van der Waals surface area (Å²) < 4.78 is 12.5. The molecule has 0 saturated heterocycles. The van der Waals surface area contributed by atoms with Gasteiger partial charge < -0.3 is 5.73 Å². The first-order valence-corrected chi connectivity index (χ1v) is 3.75. The second-order valence-corrected chi connectivity index (χ2v) is 2.23. The summed E-state index contributed by atoms with van der Waals surface area (Å²) in [5.74, 6) is 5.06. The van der Waals surface area contributed by atoms with Crippen molar-refractivity contribution in [2.75, 3.05) is 0 Å². The molecule has 0 unspecified atom stereocenters. The third kappa shape index (κ3) is 6.64. The Kier molecular flexibility index (Phi) is 6.00. The zero-order valence-corrected chi connectivity index (χ0v) is 7.55. The molecule has 0 radical (unpaired) electrons. The summed E-state index contributed by atoms with van der Waals surface area (Å²) in [5.41, 5.74) is 5.83. The minimum atomic E-state index is -0.379. The topological polar surface area (TPSA) is 26.0 Å². The SMILES string of the molecule is C=C/C(F)=C\C=C(/C)C#C/C=C\N. The molecule has 0 bridgehead atoms. The number of hydrogen-bond acceptors (Lipinski definition) is 1. The van der Waals surface area contributed by atoms with E-state index < -0.39 is 0 Å². The van der Waals surface area contributed by atoms with Crippen molar-refractivity contribution in [3.8, 4) is 11.8 Å². The Morgan fingerprint density at radius 3 is 2.69 bits per heavy atom. The van der Waals surface area contributed by atoms with Gasteiger partial charge in [0, 0.05) is 12.3 Å². The van der Waals surface area contributed by atoms with E-state index in [-0.39, 0.29) is 5.83 Å². The van der Waals surface area contributed by atoms with Gasteiger partial charge in [0.25, 0.3) is 0 Å². The van der Waals surface area contributed by atoms with E-state index >= 15 is 0 Å². The highest BCUT2D eigenvalue weighted by molar-refractivity contribution is 5.34.